The minimum Gasteiger partial charge on any atom is -0.307 e. The number of hydrogen-bond acceptors (Lipinski definition) is 2. The summed E-state index contributed by atoms with van der Waals surface area (Å²) in [6.07, 6.45) is 7.84. The minimum absolute atomic E-state index is 0.485. The predicted molar refractivity (Wildman–Crippen MR) is 62.6 cm³/mol. The van der Waals surface area contributed by atoms with Crippen LogP contribution in [0.1, 0.15) is 44.7 Å². The van der Waals surface area contributed by atoms with Crippen LogP contribution in [-0.4, -0.2) is 11.0 Å². The summed E-state index contributed by atoms with van der Waals surface area (Å²) < 4.78 is 0. The molecule has 2 nitrogen and oxygen atoms in total. The first-order valence-electron chi connectivity index (χ1n) is 5.93. The molecule has 0 spiro atoms. The lowest BCUT2D eigenvalue weighted by Gasteiger charge is -2.33. The normalized spacial score (nSPS) is 18.9. The summed E-state index contributed by atoms with van der Waals surface area (Å²) in [5.41, 5.74) is 1.37. The molecule has 1 aliphatic carbocycles. The number of nitrogens with one attached hydrogen (secondary N) is 1. The Kier molecular flexibility index (Phi) is 3.37. The zero-order chi connectivity index (χ0) is 10.7. The van der Waals surface area contributed by atoms with E-state index in [0.717, 1.165) is 6.04 Å². The SMILES string of the molecule is CC(C)C(NC1CCC1)c1ccncc1. The van der Waals surface area contributed by atoms with Crippen molar-refractivity contribution in [1.82, 2.24) is 10.3 Å². The molecule has 1 unspecified atom stereocenters. The highest BCUT2D eigenvalue weighted by Gasteiger charge is 2.23. The van der Waals surface area contributed by atoms with Gasteiger partial charge in [-0.25, -0.2) is 0 Å². The first-order chi connectivity index (χ1) is 7.27. The number of rotatable bonds is 4. The molecule has 0 amide bonds. The van der Waals surface area contributed by atoms with Crippen LogP contribution < -0.4 is 5.32 Å². The Balaban J connectivity index is 2.05. The summed E-state index contributed by atoms with van der Waals surface area (Å²) in [7, 11) is 0. The van der Waals surface area contributed by atoms with Crippen molar-refractivity contribution in [2.45, 2.75) is 45.2 Å². The van der Waals surface area contributed by atoms with Crippen molar-refractivity contribution >= 4 is 0 Å². The highest BCUT2D eigenvalue weighted by molar-refractivity contribution is 5.16. The molecule has 1 saturated carbocycles. The first-order valence-corrected chi connectivity index (χ1v) is 5.93. The van der Waals surface area contributed by atoms with Gasteiger partial charge in [-0.15, -0.1) is 0 Å². The van der Waals surface area contributed by atoms with Crippen molar-refractivity contribution < 1.29 is 0 Å². The van der Waals surface area contributed by atoms with Gasteiger partial charge in [-0.2, -0.15) is 0 Å². The van der Waals surface area contributed by atoms with E-state index in [2.05, 4.69) is 36.3 Å². The molecule has 82 valence electrons. The second-order valence-electron chi connectivity index (χ2n) is 4.80. The Morgan fingerprint density at radius 2 is 1.93 bits per heavy atom. The monoisotopic (exact) mass is 204 g/mol. The van der Waals surface area contributed by atoms with E-state index in [9.17, 15) is 0 Å². The molecule has 1 aliphatic rings. The van der Waals surface area contributed by atoms with E-state index in [0.29, 0.717) is 12.0 Å². The first kappa shape index (κ1) is 10.6. The average molecular weight is 204 g/mol. The van der Waals surface area contributed by atoms with Gasteiger partial charge in [0.15, 0.2) is 0 Å². The fourth-order valence-corrected chi connectivity index (χ4v) is 2.07. The van der Waals surface area contributed by atoms with Gasteiger partial charge in [0, 0.05) is 24.5 Å². The topological polar surface area (TPSA) is 24.9 Å². The maximum absolute atomic E-state index is 4.07. The lowest BCUT2D eigenvalue weighted by molar-refractivity contribution is 0.272. The fraction of sp³-hybridized carbons (Fsp3) is 0.615. The quantitative estimate of drug-likeness (QED) is 0.815. The van der Waals surface area contributed by atoms with Crippen molar-refractivity contribution in [2.75, 3.05) is 0 Å². The molecule has 1 aromatic heterocycles. The molecular formula is C13H20N2. The third kappa shape index (κ3) is 2.57. The molecule has 1 aromatic rings. The van der Waals surface area contributed by atoms with Crippen LogP contribution in [0.25, 0.3) is 0 Å². The van der Waals surface area contributed by atoms with E-state index in [-0.39, 0.29) is 0 Å². The van der Waals surface area contributed by atoms with Crippen LogP contribution >= 0.6 is 0 Å². The molecule has 0 aromatic carbocycles. The Morgan fingerprint density at radius 1 is 1.27 bits per heavy atom. The summed E-state index contributed by atoms with van der Waals surface area (Å²) in [5.74, 6) is 0.632. The number of aromatic nitrogens is 1. The number of pyridine rings is 1. The molecule has 2 heteroatoms. The standard InChI is InChI=1S/C13H20N2/c1-10(2)13(15-12-4-3-5-12)11-6-8-14-9-7-11/h6-10,12-13,15H,3-5H2,1-2H3. The van der Waals surface area contributed by atoms with Crippen LogP contribution in [0.2, 0.25) is 0 Å². The molecule has 1 atom stereocenters. The fourth-order valence-electron chi connectivity index (χ4n) is 2.07. The Labute approximate surface area is 92.1 Å². The zero-order valence-corrected chi connectivity index (χ0v) is 9.61. The van der Waals surface area contributed by atoms with Gasteiger partial charge in [-0.3, -0.25) is 4.98 Å². The largest absolute Gasteiger partial charge is 0.307 e. The lowest BCUT2D eigenvalue weighted by atomic mass is 9.89. The number of nitrogens with zero attached hydrogens (tertiary/aromatic N) is 1. The summed E-state index contributed by atoms with van der Waals surface area (Å²) in [5, 5.41) is 3.74. The molecule has 0 radical (unpaired) electrons. The van der Waals surface area contributed by atoms with Gasteiger partial charge >= 0.3 is 0 Å². The molecule has 2 rings (SSSR count). The Bertz CT molecular complexity index is 291. The van der Waals surface area contributed by atoms with Gasteiger partial charge in [0.2, 0.25) is 0 Å². The van der Waals surface area contributed by atoms with Gasteiger partial charge in [-0.05, 0) is 36.5 Å². The van der Waals surface area contributed by atoms with E-state index in [1.807, 2.05) is 12.4 Å². The van der Waals surface area contributed by atoms with Crippen molar-refractivity contribution in [1.29, 1.82) is 0 Å². The van der Waals surface area contributed by atoms with E-state index in [4.69, 9.17) is 0 Å². The molecule has 0 bridgehead atoms. The Morgan fingerprint density at radius 3 is 2.40 bits per heavy atom. The van der Waals surface area contributed by atoms with Crippen molar-refractivity contribution in [3.63, 3.8) is 0 Å². The minimum atomic E-state index is 0.485. The summed E-state index contributed by atoms with van der Waals surface area (Å²) in [4.78, 5) is 4.07. The lowest BCUT2D eigenvalue weighted by Crippen LogP contribution is -2.39. The van der Waals surface area contributed by atoms with Crippen molar-refractivity contribution in [3.8, 4) is 0 Å². The summed E-state index contributed by atoms with van der Waals surface area (Å²) in [6.45, 7) is 4.55. The van der Waals surface area contributed by atoms with Crippen LogP contribution in [0.4, 0.5) is 0 Å². The van der Waals surface area contributed by atoms with Crippen LogP contribution in [0.15, 0.2) is 24.5 Å². The molecule has 0 aliphatic heterocycles. The highest BCUT2D eigenvalue weighted by atomic mass is 15.0. The van der Waals surface area contributed by atoms with Crippen LogP contribution in [0.3, 0.4) is 0 Å². The van der Waals surface area contributed by atoms with E-state index in [1.54, 1.807) is 0 Å². The molecule has 1 fully saturated rings. The second-order valence-corrected chi connectivity index (χ2v) is 4.80. The van der Waals surface area contributed by atoms with Crippen molar-refractivity contribution in [3.05, 3.63) is 30.1 Å². The zero-order valence-electron chi connectivity index (χ0n) is 9.61. The summed E-state index contributed by atoms with van der Waals surface area (Å²) in [6, 6.07) is 5.47. The third-order valence-electron chi connectivity index (χ3n) is 3.25. The van der Waals surface area contributed by atoms with Gasteiger partial charge in [0.1, 0.15) is 0 Å². The maximum Gasteiger partial charge on any atom is 0.0346 e. The van der Waals surface area contributed by atoms with Gasteiger partial charge < -0.3 is 5.32 Å². The molecule has 0 saturated heterocycles. The van der Waals surface area contributed by atoms with E-state index >= 15 is 0 Å². The van der Waals surface area contributed by atoms with Gasteiger partial charge in [0.05, 0.1) is 0 Å². The van der Waals surface area contributed by atoms with Crippen LogP contribution in [0, 0.1) is 5.92 Å². The van der Waals surface area contributed by atoms with E-state index < -0.39 is 0 Å². The summed E-state index contributed by atoms with van der Waals surface area (Å²) >= 11 is 0. The molecule has 1 N–H and O–H groups in total. The van der Waals surface area contributed by atoms with Crippen LogP contribution in [0.5, 0.6) is 0 Å². The van der Waals surface area contributed by atoms with Crippen molar-refractivity contribution in [2.24, 2.45) is 5.92 Å². The van der Waals surface area contributed by atoms with Gasteiger partial charge in [-0.1, -0.05) is 20.3 Å². The Hall–Kier alpha value is -0.890. The third-order valence-corrected chi connectivity index (χ3v) is 3.25. The molecular weight excluding hydrogens is 184 g/mol. The smallest absolute Gasteiger partial charge is 0.0346 e. The second kappa shape index (κ2) is 4.75. The predicted octanol–water partition coefficient (Wildman–Crippen LogP) is 2.92. The highest BCUT2D eigenvalue weighted by Crippen LogP contribution is 2.26. The molecule has 1 heterocycles. The average Bonchev–Trinajstić information content (AvgIpc) is 2.17. The van der Waals surface area contributed by atoms with Crippen LogP contribution in [-0.2, 0) is 0 Å². The van der Waals surface area contributed by atoms with Gasteiger partial charge in [0.25, 0.3) is 0 Å². The molecule has 15 heavy (non-hydrogen) atoms. The number of hydrogen-bond donors (Lipinski definition) is 1. The van der Waals surface area contributed by atoms with E-state index in [1.165, 1.54) is 24.8 Å². The maximum atomic E-state index is 4.07.